The molecule has 0 amide bonds. The maximum Gasteiger partial charge on any atom is 0.295 e. The molecule has 0 aromatic carbocycles. The lowest BCUT2D eigenvalue weighted by Gasteiger charge is -2.02. The highest BCUT2D eigenvalue weighted by Gasteiger charge is 2.15. The van der Waals surface area contributed by atoms with E-state index in [1.165, 1.54) is 6.39 Å². The largest absolute Gasteiger partial charge is 0.438 e. The van der Waals surface area contributed by atoms with Gasteiger partial charge in [0, 0.05) is 6.04 Å². The van der Waals surface area contributed by atoms with Gasteiger partial charge in [0.25, 0.3) is 5.89 Å². The first-order chi connectivity index (χ1) is 7.66. The summed E-state index contributed by atoms with van der Waals surface area (Å²) in [5.41, 5.74) is 0.743. The molecule has 0 atom stereocenters. The number of aromatic nitrogens is 3. The standard InChI is InChI=1S/C10H14N4O2/c1-6(2)11-4-8-13-10(16-14-8)9-7(3)12-5-15-9/h5-6,11H,4H2,1-3H3. The van der Waals surface area contributed by atoms with Crippen molar-refractivity contribution in [2.24, 2.45) is 0 Å². The van der Waals surface area contributed by atoms with Crippen LogP contribution in [0.15, 0.2) is 15.3 Å². The van der Waals surface area contributed by atoms with Gasteiger partial charge in [-0.25, -0.2) is 4.98 Å². The van der Waals surface area contributed by atoms with Gasteiger partial charge in [-0.1, -0.05) is 19.0 Å². The minimum absolute atomic E-state index is 0.371. The van der Waals surface area contributed by atoms with Crippen molar-refractivity contribution in [2.75, 3.05) is 0 Å². The second-order valence-electron chi connectivity index (χ2n) is 3.82. The van der Waals surface area contributed by atoms with E-state index in [2.05, 4.69) is 34.3 Å². The summed E-state index contributed by atoms with van der Waals surface area (Å²) >= 11 is 0. The van der Waals surface area contributed by atoms with Crippen LogP contribution in [0.2, 0.25) is 0 Å². The van der Waals surface area contributed by atoms with Crippen LogP contribution < -0.4 is 5.32 Å². The van der Waals surface area contributed by atoms with Crippen LogP contribution in [0, 0.1) is 6.92 Å². The maximum atomic E-state index is 5.16. The molecular weight excluding hydrogens is 208 g/mol. The fourth-order valence-corrected chi connectivity index (χ4v) is 1.22. The number of hydrogen-bond donors (Lipinski definition) is 1. The summed E-state index contributed by atoms with van der Waals surface area (Å²) in [6.45, 7) is 6.52. The fourth-order valence-electron chi connectivity index (χ4n) is 1.22. The van der Waals surface area contributed by atoms with E-state index in [4.69, 9.17) is 8.94 Å². The molecule has 0 saturated heterocycles. The molecule has 0 bridgehead atoms. The minimum Gasteiger partial charge on any atom is -0.438 e. The summed E-state index contributed by atoms with van der Waals surface area (Å²) in [7, 11) is 0. The molecule has 0 fully saturated rings. The van der Waals surface area contributed by atoms with Crippen LogP contribution in [0.25, 0.3) is 11.7 Å². The van der Waals surface area contributed by atoms with Gasteiger partial charge in [0.15, 0.2) is 12.2 Å². The highest BCUT2D eigenvalue weighted by molar-refractivity contribution is 5.46. The van der Waals surface area contributed by atoms with Gasteiger partial charge in [0.2, 0.25) is 5.76 Å². The van der Waals surface area contributed by atoms with Crippen LogP contribution >= 0.6 is 0 Å². The van der Waals surface area contributed by atoms with E-state index in [1.54, 1.807) is 0 Å². The molecule has 0 radical (unpaired) electrons. The highest BCUT2D eigenvalue weighted by Crippen LogP contribution is 2.19. The molecule has 2 heterocycles. The van der Waals surface area contributed by atoms with Crippen LogP contribution in [0.5, 0.6) is 0 Å². The van der Waals surface area contributed by atoms with Crippen molar-refractivity contribution in [2.45, 2.75) is 33.4 Å². The fraction of sp³-hybridized carbons (Fsp3) is 0.500. The van der Waals surface area contributed by atoms with Crippen molar-refractivity contribution in [3.05, 3.63) is 17.9 Å². The number of oxazole rings is 1. The molecule has 0 aliphatic heterocycles. The molecule has 0 unspecified atom stereocenters. The Labute approximate surface area is 93.1 Å². The number of aryl methyl sites for hydroxylation is 1. The summed E-state index contributed by atoms with van der Waals surface area (Å²) in [4.78, 5) is 8.18. The van der Waals surface area contributed by atoms with E-state index in [0.717, 1.165) is 5.69 Å². The van der Waals surface area contributed by atoms with Gasteiger partial charge < -0.3 is 14.3 Å². The zero-order chi connectivity index (χ0) is 11.5. The Hall–Kier alpha value is -1.69. The van der Waals surface area contributed by atoms with Gasteiger partial charge in [-0.15, -0.1) is 0 Å². The number of hydrogen-bond acceptors (Lipinski definition) is 6. The Morgan fingerprint density at radius 3 is 2.88 bits per heavy atom. The quantitative estimate of drug-likeness (QED) is 0.845. The van der Waals surface area contributed by atoms with Gasteiger partial charge >= 0.3 is 0 Å². The summed E-state index contributed by atoms with van der Waals surface area (Å²) in [5.74, 6) is 1.51. The average molecular weight is 222 g/mol. The number of nitrogens with zero attached hydrogens (tertiary/aromatic N) is 3. The first-order valence-corrected chi connectivity index (χ1v) is 5.13. The molecule has 0 saturated carbocycles. The summed E-state index contributed by atoms with van der Waals surface area (Å²) in [6, 6.07) is 0.383. The molecule has 2 aromatic heterocycles. The zero-order valence-corrected chi connectivity index (χ0v) is 9.52. The Balaban J connectivity index is 2.11. The van der Waals surface area contributed by atoms with Gasteiger partial charge in [0.1, 0.15) is 0 Å². The Bertz CT molecular complexity index is 461. The van der Waals surface area contributed by atoms with Crippen LogP contribution in [0.3, 0.4) is 0 Å². The molecule has 6 heteroatoms. The van der Waals surface area contributed by atoms with Crippen LogP contribution in [-0.2, 0) is 6.54 Å². The SMILES string of the molecule is Cc1ncoc1-c1nc(CNC(C)C)no1. The first kappa shape index (κ1) is 10.8. The number of rotatable bonds is 4. The lowest BCUT2D eigenvalue weighted by molar-refractivity contribution is 0.404. The van der Waals surface area contributed by atoms with E-state index in [9.17, 15) is 0 Å². The highest BCUT2D eigenvalue weighted by atomic mass is 16.5. The van der Waals surface area contributed by atoms with Crippen LogP contribution in [0.4, 0.5) is 0 Å². The van der Waals surface area contributed by atoms with E-state index >= 15 is 0 Å². The van der Waals surface area contributed by atoms with E-state index in [-0.39, 0.29) is 0 Å². The monoisotopic (exact) mass is 222 g/mol. The van der Waals surface area contributed by atoms with E-state index in [0.29, 0.717) is 30.1 Å². The number of nitrogens with one attached hydrogen (secondary N) is 1. The normalized spacial score (nSPS) is 11.2. The molecule has 0 aliphatic rings. The molecule has 0 spiro atoms. The topological polar surface area (TPSA) is 77.0 Å². The molecule has 2 aromatic rings. The van der Waals surface area contributed by atoms with Crippen molar-refractivity contribution >= 4 is 0 Å². The predicted octanol–water partition coefficient (Wildman–Crippen LogP) is 1.53. The lowest BCUT2D eigenvalue weighted by Crippen LogP contribution is -2.22. The minimum atomic E-state index is 0.371. The van der Waals surface area contributed by atoms with Crippen LogP contribution in [0.1, 0.15) is 25.4 Å². The van der Waals surface area contributed by atoms with Crippen molar-refractivity contribution in [3.63, 3.8) is 0 Å². The smallest absolute Gasteiger partial charge is 0.295 e. The van der Waals surface area contributed by atoms with Gasteiger partial charge in [-0.3, -0.25) is 0 Å². The second kappa shape index (κ2) is 4.44. The summed E-state index contributed by atoms with van der Waals surface area (Å²) in [6.07, 6.45) is 1.36. The summed E-state index contributed by atoms with van der Waals surface area (Å²) in [5, 5.41) is 7.05. The zero-order valence-electron chi connectivity index (χ0n) is 9.52. The van der Waals surface area contributed by atoms with Gasteiger partial charge in [0.05, 0.1) is 12.2 Å². The molecule has 2 rings (SSSR count). The summed E-state index contributed by atoms with van der Waals surface area (Å²) < 4.78 is 10.2. The Morgan fingerprint density at radius 1 is 1.44 bits per heavy atom. The maximum absolute atomic E-state index is 5.16. The Kier molecular flexibility index (Phi) is 3.00. The molecule has 1 N–H and O–H groups in total. The van der Waals surface area contributed by atoms with E-state index < -0.39 is 0 Å². The van der Waals surface area contributed by atoms with Crippen LogP contribution in [-0.4, -0.2) is 21.2 Å². The predicted molar refractivity (Wildman–Crippen MR) is 56.5 cm³/mol. The van der Waals surface area contributed by atoms with Gasteiger partial charge in [-0.05, 0) is 6.92 Å². The first-order valence-electron chi connectivity index (χ1n) is 5.13. The van der Waals surface area contributed by atoms with E-state index in [1.807, 2.05) is 6.92 Å². The average Bonchev–Trinajstić information content (AvgIpc) is 2.83. The molecular formula is C10H14N4O2. The third-order valence-electron chi connectivity index (χ3n) is 2.08. The van der Waals surface area contributed by atoms with Gasteiger partial charge in [-0.2, -0.15) is 4.98 Å². The molecule has 16 heavy (non-hydrogen) atoms. The van der Waals surface area contributed by atoms with Crippen molar-refractivity contribution < 1.29 is 8.94 Å². The Morgan fingerprint density at radius 2 is 2.25 bits per heavy atom. The lowest BCUT2D eigenvalue weighted by atomic mass is 10.3. The molecule has 86 valence electrons. The van der Waals surface area contributed by atoms with Crippen molar-refractivity contribution in [1.29, 1.82) is 0 Å². The third kappa shape index (κ3) is 2.27. The second-order valence-corrected chi connectivity index (χ2v) is 3.82. The third-order valence-corrected chi connectivity index (χ3v) is 2.08. The van der Waals surface area contributed by atoms with Crippen molar-refractivity contribution in [3.8, 4) is 11.7 Å². The van der Waals surface area contributed by atoms with Crippen molar-refractivity contribution in [1.82, 2.24) is 20.4 Å². The molecule has 0 aliphatic carbocycles. The molecule has 6 nitrogen and oxygen atoms in total.